The Morgan fingerprint density at radius 3 is 2.47 bits per heavy atom. The first kappa shape index (κ1) is 14.3. The first-order chi connectivity index (χ1) is 7.73. The maximum absolute atomic E-state index is 12.9. The Labute approximate surface area is 98.6 Å². The van der Waals surface area contributed by atoms with Gasteiger partial charge in [0, 0.05) is 6.04 Å². The number of aliphatic carboxylic acids is 1. The quantitative estimate of drug-likeness (QED) is 0.837. The van der Waals surface area contributed by atoms with E-state index in [1.54, 1.807) is 0 Å². The standard InChI is InChI=1S/C11H18F3NO2/c1-7(2)8-4-3-5-15(8)9(6-10(16)17)11(12,13)14/h7-9H,3-6H2,1-2H3,(H,16,17). The van der Waals surface area contributed by atoms with Crippen molar-refractivity contribution in [2.75, 3.05) is 6.54 Å². The second-order valence-corrected chi connectivity index (χ2v) is 4.85. The van der Waals surface area contributed by atoms with Crippen molar-refractivity contribution in [3.63, 3.8) is 0 Å². The highest BCUT2D eigenvalue weighted by molar-refractivity contribution is 5.67. The molecule has 100 valence electrons. The molecule has 6 heteroatoms. The van der Waals surface area contributed by atoms with Crippen LogP contribution in [0.1, 0.15) is 33.1 Å². The summed E-state index contributed by atoms with van der Waals surface area (Å²) in [6, 6.07) is -2.02. The van der Waals surface area contributed by atoms with Crippen molar-refractivity contribution in [2.24, 2.45) is 5.92 Å². The van der Waals surface area contributed by atoms with Crippen molar-refractivity contribution < 1.29 is 23.1 Å². The molecule has 1 fully saturated rings. The molecule has 0 aliphatic carbocycles. The predicted octanol–water partition coefficient (Wildman–Crippen LogP) is 2.51. The maximum Gasteiger partial charge on any atom is 0.404 e. The van der Waals surface area contributed by atoms with Crippen LogP contribution in [0.4, 0.5) is 13.2 Å². The van der Waals surface area contributed by atoms with Crippen LogP contribution in [-0.2, 0) is 4.79 Å². The van der Waals surface area contributed by atoms with Gasteiger partial charge in [-0.05, 0) is 25.3 Å². The van der Waals surface area contributed by atoms with E-state index in [4.69, 9.17) is 5.11 Å². The van der Waals surface area contributed by atoms with Gasteiger partial charge in [-0.3, -0.25) is 9.69 Å². The third kappa shape index (κ3) is 3.59. The fourth-order valence-corrected chi connectivity index (χ4v) is 2.50. The van der Waals surface area contributed by atoms with Crippen LogP contribution in [0.2, 0.25) is 0 Å². The largest absolute Gasteiger partial charge is 0.481 e. The van der Waals surface area contributed by atoms with Crippen molar-refractivity contribution in [3.8, 4) is 0 Å². The average Bonchev–Trinajstić information content (AvgIpc) is 2.59. The molecule has 0 amide bonds. The van der Waals surface area contributed by atoms with Gasteiger partial charge in [-0.15, -0.1) is 0 Å². The summed E-state index contributed by atoms with van der Waals surface area (Å²) in [7, 11) is 0. The van der Waals surface area contributed by atoms with E-state index in [0.29, 0.717) is 19.4 Å². The van der Waals surface area contributed by atoms with E-state index < -0.39 is 24.6 Å². The van der Waals surface area contributed by atoms with Gasteiger partial charge in [0.25, 0.3) is 0 Å². The molecule has 1 aliphatic heterocycles. The molecule has 2 unspecified atom stereocenters. The first-order valence-corrected chi connectivity index (χ1v) is 5.77. The molecule has 1 heterocycles. The number of rotatable bonds is 4. The van der Waals surface area contributed by atoms with Crippen LogP contribution >= 0.6 is 0 Å². The number of halogens is 3. The Balaban J connectivity index is 2.85. The lowest BCUT2D eigenvalue weighted by Crippen LogP contribution is -2.50. The van der Waals surface area contributed by atoms with Crippen LogP contribution < -0.4 is 0 Å². The van der Waals surface area contributed by atoms with Gasteiger partial charge in [0.1, 0.15) is 6.04 Å². The summed E-state index contributed by atoms with van der Waals surface area (Å²) >= 11 is 0. The summed E-state index contributed by atoms with van der Waals surface area (Å²) in [5, 5.41) is 8.61. The lowest BCUT2D eigenvalue weighted by Gasteiger charge is -2.35. The van der Waals surface area contributed by atoms with Gasteiger partial charge in [0.15, 0.2) is 0 Å². The number of hydrogen-bond donors (Lipinski definition) is 1. The second-order valence-electron chi connectivity index (χ2n) is 4.85. The zero-order valence-corrected chi connectivity index (χ0v) is 10.00. The van der Waals surface area contributed by atoms with Gasteiger partial charge in [-0.2, -0.15) is 13.2 Å². The van der Waals surface area contributed by atoms with Gasteiger partial charge in [-0.25, -0.2) is 0 Å². The number of carbonyl (C=O) groups is 1. The Hall–Kier alpha value is -0.780. The topological polar surface area (TPSA) is 40.5 Å². The van der Waals surface area contributed by atoms with Gasteiger partial charge < -0.3 is 5.11 Å². The molecule has 17 heavy (non-hydrogen) atoms. The van der Waals surface area contributed by atoms with Crippen LogP contribution in [0, 0.1) is 5.92 Å². The number of carboxylic acids is 1. The summed E-state index contributed by atoms with van der Waals surface area (Å²) in [5.41, 5.74) is 0. The van der Waals surface area contributed by atoms with Crippen LogP contribution in [0.5, 0.6) is 0 Å². The molecule has 1 rings (SSSR count). The van der Waals surface area contributed by atoms with E-state index in [1.165, 1.54) is 4.90 Å². The highest BCUT2D eigenvalue weighted by Crippen LogP contribution is 2.34. The van der Waals surface area contributed by atoms with Crippen molar-refractivity contribution in [1.29, 1.82) is 0 Å². The number of hydrogen-bond acceptors (Lipinski definition) is 2. The predicted molar refractivity (Wildman–Crippen MR) is 56.7 cm³/mol. The molecule has 3 nitrogen and oxygen atoms in total. The van der Waals surface area contributed by atoms with E-state index in [0.717, 1.165) is 0 Å². The van der Waals surface area contributed by atoms with Gasteiger partial charge in [0.05, 0.1) is 6.42 Å². The Kier molecular flexibility index (Phi) is 4.41. The maximum atomic E-state index is 12.9. The summed E-state index contributed by atoms with van der Waals surface area (Å²) in [6.45, 7) is 4.08. The number of likely N-dealkylation sites (tertiary alicyclic amines) is 1. The minimum absolute atomic E-state index is 0.108. The molecule has 0 saturated carbocycles. The molecule has 1 aliphatic rings. The second kappa shape index (κ2) is 5.25. The van der Waals surface area contributed by atoms with Gasteiger partial charge in [0.2, 0.25) is 0 Å². The highest BCUT2D eigenvalue weighted by atomic mass is 19.4. The van der Waals surface area contributed by atoms with Gasteiger partial charge >= 0.3 is 12.1 Å². The van der Waals surface area contributed by atoms with Crippen LogP contribution in [0.25, 0.3) is 0 Å². The molecule has 1 N–H and O–H groups in total. The van der Waals surface area contributed by atoms with E-state index in [9.17, 15) is 18.0 Å². The molecule has 0 aromatic carbocycles. The van der Waals surface area contributed by atoms with E-state index in [-0.39, 0.29) is 12.0 Å². The normalized spacial score (nSPS) is 24.2. The molecule has 0 bridgehead atoms. The van der Waals surface area contributed by atoms with Crippen LogP contribution in [0.3, 0.4) is 0 Å². The minimum atomic E-state index is -4.48. The lowest BCUT2D eigenvalue weighted by atomic mass is 10.00. The SMILES string of the molecule is CC(C)C1CCCN1C(CC(=O)O)C(F)(F)F. The fourth-order valence-electron chi connectivity index (χ4n) is 2.50. The molecule has 0 aromatic rings. The molecule has 2 atom stereocenters. The van der Waals surface area contributed by atoms with Crippen molar-refractivity contribution in [3.05, 3.63) is 0 Å². The Morgan fingerprint density at radius 2 is 2.06 bits per heavy atom. The van der Waals surface area contributed by atoms with E-state index in [1.807, 2.05) is 13.8 Å². The zero-order chi connectivity index (χ0) is 13.2. The minimum Gasteiger partial charge on any atom is -0.481 e. The molecule has 0 spiro atoms. The lowest BCUT2D eigenvalue weighted by molar-refractivity contribution is -0.194. The molecular weight excluding hydrogens is 235 g/mol. The average molecular weight is 253 g/mol. The third-order valence-electron chi connectivity index (χ3n) is 3.26. The molecule has 0 aromatic heterocycles. The summed E-state index contributed by atoms with van der Waals surface area (Å²) in [5.74, 6) is -1.29. The number of carboxylic acid groups (broad SMARTS) is 1. The zero-order valence-electron chi connectivity index (χ0n) is 10.00. The van der Waals surface area contributed by atoms with Crippen molar-refractivity contribution in [1.82, 2.24) is 4.90 Å². The van der Waals surface area contributed by atoms with Gasteiger partial charge in [-0.1, -0.05) is 13.8 Å². The first-order valence-electron chi connectivity index (χ1n) is 5.77. The summed E-state index contributed by atoms with van der Waals surface area (Å²) in [4.78, 5) is 11.9. The van der Waals surface area contributed by atoms with Crippen LogP contribution in [0.15, 0.2) is 0 Å². The Bertz CT molecular complexity index is 278. The monoisotopic (exact) mass is 253 g/mol. The third-order valence-corrected chi connectivity index (χ3v) is 3.26. The molecule has 0 radical (unpaired) electrons. The summed E-state index contributed by atoms with van der Waals surface area (Å²) < 4.78 is 38.6. The summed E-state index contributed by atoms with van der Waals surface area (Å²) in [6.07, 6.45) is -3.93. The smallest absolute Gasteiger partial charge is 0.404 e. The van der Waals surface area contributed by atoms with Crippen LogP contribution in [-0.4, -0.2) is 40.8 Å². The molecular formula is C11H18F3NO2. The van der Waals surface area contributed by atoms with E-state index >= 15 is 0 Å². The fraction of sp³-hybridized carbons (Fsp3) is 0.909. The number of nitrogens with zero attached hydrogens (tertiary/aromatic N) is 1. The van der Waals surface area contributed by atoms with Crippen molar-refractivity contribution in [2.45, 2.75) is 51.4 Å². The molecule has 1 saturated heterocycles. The Morgan fingerprint density at radius 1 is 1.47 bits per heavy atom. The highest BCUT2D eigenvalue weighted by Gasteiger charge is 2.48. The van der Waals surface area contributed by atoms with E-state index in [2.05, 4.69) is 0 Å². The number of alkyl halides is 3. The van der Waals surface area contributed by atoms with Crippen molar-refractivity contribution >= 4 is 5.97 Å².